The summed E-state index contributed by atoms with van der Waals surface area (Å²) in [7, 11) is 0. The van der Waals surface area contributed by atoms with Gasteiger partial charge < -0.3 is 0 Å². The lowest BCUT2D eigenvalue weighted by molar-refractivity contribution is -0.0555. The molecular formula is C13H24N2. The van der Waals surface area contributed by atoms with Gasteiger partial charge in [-0.2, -0.15) is 0 Å². The summed E-state index contributed by atoms with van der Waals surface area (Å²) in [5.41, 5.74) is 1.10. The molecule has 0 amide bonds. The number of piperidine rings is 1. The molecule has 3 fully saturated rings. The predicted octanol–water partition coefficient (Wildman–Crippen LogP) is 1.95. The van der Waals surface area contributed by atoms with Crippen LogP contribution in [-0.4, -0.2) is 46.6 Å². The van der Waals surface area contributed by atoms with Crippen molar-refractivity contribution in [2.24, 2.45) is 5.41 Å². The van der Waals surface area contributed by atoms with E-state index >= 15 is 0 Å². The maximum atomic E-state index is 2.73. The summed E-state index contributed by atoms with van der Waals surface area (Å²) in [6.07, 6.45) is 1.47. The average molecular weight is 208 g/mol. The minimum atomic E-state index is 0.371. The van der Waals surface area contributed by atoms with E-state index in [-0.39, 0.29) is 0 Å². The van der Waals surface area contributed by atoms with Gasteiger partial charge in [0.2, 0.25) is 0 Å². The standard InChI is InChI=1S/C13H24N2/c1-9(2)14-7-11-13(6-10(13)14)8-15(11)12(3,4)5/h9-11H,6-8H2,1-5H3. The minimum absolute atomic E-state index is 0.371. The summed E-state index contributed by atoms with van der Waals surface area (Å²) in [5, 5.41) is 0. The molecule has 0 radical (unpaired) electrons. The van der Waals surface area contributed by atoms with E-state index < -0.39 is 0 Å². The number of rotatable bonds is 1. The van der Waals surface area contributed by atoms with E-state index in [1.165, 1.54) is 19.5 Å². The molecule has 3 atom stereocenters. The molecule has 0 aromatic carbocycles. The van der Waals surface area contributed by atoms with E-state index in [2.05, 4.69) is 44.4 Å². The van der Waals surface area contributed by atoms with Crippen LogP contribution in [0.3, 0.4) is 0 Å². The van der Waals surface area contributed by atoms with Crippen molar-refractivity contribution in [1.29, 1.82) is 0 Å². The van der Waals surface area contributed by atoms with Gasteiger partial charge in [0.05, 0.1) is 0 Å². The SMILES string of the molecule is CC(C)N1CC2N(C(C)(C)C)CC23CC13. The third kappa shape index (κ3) is 1.13. The molecule has 0 N–H and O–H groups in total. The largest absolute Gasteiger partial charge is 0.296 e. The van der Waals surface area contributed by atoms with Gasteiger partial charge in [0.15, 0.2) is 0 Å². The van der Waals surface area contributed by atoms with Gasteiger partial charge in [-0.15, -0.1) is 0 Å². The fourth-order valence-corrected chi connectivity index (χ4v) is 3.89. The quantitative estimate of drug-likeness (QED) is 0.650. The second kappa shape index (κ2) is 2.60. The maximum absolute atomic E-state index is 2.73. The molecule has 1 saturated carbocycles. The zero-order valence-electron chi connectivity index (χ0n) is 10.7. The zero-order valence-corrected chi connectivity index (χ0v) is 10.7. The monoisotopic (exact) mass is 208 g/mol. The third-order valence-electron chi connectivity index (χ3n) is 4.89. The van der Waals surface area contributed by atoms with E-state index in [0.29, 0.717) is 5.54 Å². The van der Waals surface area contributed by atoms with E-state index in [4.69, 9.17) is 0 Å². The van der Waals surface area contributed by atoms with Gasteiger partial charge in [0, 0.05) is 42.2 Å². The van der Waals surface area contributed by atoms with Gasteiger partial charge >= 0.3 is 0 Å². The average Bonchev–Trinajstić information content (AvgIpc) is 2.71. The molecule has 3 aliphatic rings. The Hall–Kier alpha value is -0.0800. The van der Waals surface area contributed by atoms with Crippen molar-refractivity contribution in [3.63, 3.8) is 0 Å². The molecule has 0 aromatic heterocycles. The lowest BCUT2D eigenvalue weighted by atomic mass is 9.81. The molecular weight excluding hydrogens is 184 g/mol. The van der Waals surface area contributed by atoms with Gasteiger partial charge in [0.25, 0.3) is 0 Å². The Balaban J connectivity index is 1.77. The molecule has 0 aromatic rings. The van der Waals surface area contributed by atoms with Crippen LogP contribution < -0.4 is 0 Å². The first-order valence-corrected chi connectivity index (χ1v) is 6.39. The predicted molar refractivity (Wildman–Crippen MR) is 62.9 cm³/mol. The van der Waals surface area contributed by atoms with Crippen molar-refractivity contribution < 1.29 is 0 Å². The Morgan fingerprint density at radius 2 is 1.87 bits per heavy atom. The molecule has 86 valence electrons. The molecule has 1 aliphatic carbocycles. The zero-order chi connectivity index (χ0) is 11.0. The molecule has 2 nitrogen and oxygen atoms in total. The van der Waals surface area contributed by atoms with Crippen LogP contribution in [0.1, 0.15) is 41.0 Å². The number of hydrogen-bond donors (Lipinski definition) is 0. The fourth-order valence-electron chi connectivity index (χ4n) is 3.89. The first-order valence-electron chi connectivity index (χ1n) is 6.39. The van der Waals surface area contributed by atoms with Gasteiger partial charge in [-0.05, 0) is 41.0 Å². The van der Waals surface area contributed by atoms with Crippen LogP contribution in [0, 0.1) is 5.41 Å². The van der Waals surface area contributed by atoms with Gasteiger partial charge in [-0.3, -0.25) is 9.80 Å². The van der Waals surface area contributed by atoms with Crippen molar-refractivity contribution in [3.05, 3.63) is 0 Å². The Labute approximate surface area is 93.6 Å². The molecule has 15 heavy (non-hydrogen) atoms. The van der Waals surface area contributed by atoms with Crippen molar-refractivity contribution >= 4 is 0 Å². The molecule has 2 heterocycles. The molecule has 1 spiro atoms. The second-order valence-corrected chi connectivity index (χ2v) is 7.06. The molecule has 2 heteroatoms. The Morgan fingerprint density at radius 1 is 1.20 bits per heavy atom. The van der Waals surface area contributed by atoms with Gasteiger partial charge in [-0.1, -0.05) is 0 Å². The Morgan fingerprint density at radius 3 is 2.40 bits per heavy atom. The van der Waals surface area contributed by atoms with E-state index in [1.807, 2.05) is 0 Å². The first-order chi connectivity index (χ1) is 6.86. The van der Waals surface area contributed by atoms with Crippen molar-refractivity contribution in [1.82, 2.24) is 9.80 Å². The molecule has 0 bridgehead atoms. The lowest BCUT2D eigenvalue weighted by Crippen LogP contribution is -2.65. The van der Waals surface area contributed by atoms with Gasteiger partial charge in [-0.25, -0.2) is 0 Å². The minimum Gasteiger partial charge on any atom is -0.296 e. The van der Waals surface area contributed by atoms with Crippen molar-refractivity contribution in [3.8, 4) is 0 Å². The van der Waals surface area contributed by atoms with Crippen LogP contribution in [0.4, 0.5) is 0 Å². The maximum Gasteiger partial charge on any atom is 0.0313 e. The molecule has 3 rings (SSSR count). The highest BCUT2D eigenvalue weighted by atomic mass is 15.4. The summed E-state index contributed by atoms with van der Waals surface area (Å²) in [4.78, 5) is 5.45. The normalized spacial score (nSPS) is 45.2. The lowest BCUT2D eigenvalue weighted by Gasteiger charge is -2.54. The van der Waals surface area contributed by atoms with Crippen LogP contribution in [0.2, 0.25) is 0 Å². The second-order valence-electron chi connectivity index (χ2n) is 7.06. The van der Waals surface area contributed by atoms with Crippen LogP contribution in [0.25, 0.3) is 0 Å². The molecule has 3 unspecified atom stereocenters. The number of nitrogens with zero attached hydrogens (tertiary/aromatic N) is 2. The Bertz CT molecular complexity index is 291. The van der Waals surface area contributed by atoms with Crippen LogP contribution in [-0.2, 0) is 0 Å². The highest BCUT2D eigenvalue weighted by Gasteiger charge is 2.74. The van der Waals surface area contributed by atoms with Crippen LogP contribution in [0.5, 0.6) is 0 Å². The van der Waals surface area contributed by atoms with Crippen LogP contribution in [0.15, 0.2) is 0 Å². The van der Waals surface area contributed by atoms with Gasteiger partial charge in [0.1, 0.15) is 0 Å². The van der Waals surface area contributed by atoms with Crippen molar-refractivity contribution in [2.75, 3.05) is 13.1 Å². The summed E-state index contributed by atoms with van der Waals surface area (Å²) >= 11 is 0. The Kier molecular flexibility index (Phi) is 1.75. The summed E-state index contributed by atoms with van der Waals surface area (Å²) in [6, 6.07) is 2.53. The fraction of sp³-hybridized carbons (Fsp3) is 1.00. The van der Waals surface area contributed by atoms with E-state index in [1.54, 1.807) is 0 Å². The first kappa shape index (κ1) is 10.1. The smallest absolute Gasteiger partial charge is 0.0313 e. The summed E-state index contributed by atoms with van der Waals surface area (Å²) in [6.45, 7) is 14.4. The summed E-state index contributed by atoms with van der Waals surface area (Å²) < 4.78 is 0. The third-order valence-corrected chi connectivity index (χ3v) is 4.89. The number of likely N-dealkylation sites (tertiary alicyclic amines) is 2. The number of hydrogen-bond acceptors (Lipinski definition) is 2. The van der Waals surface area contributed by atoms with Crippen molar-refractivity contribution in [2.45, 2.75) is 64.7 Å². The van der Waals surface area contributed by atoms with E-state index in [9.17, 15) is 0 Å². The highest BCUT2D eigenvalue weighted by Crippen LogP contribution is 2.66. The summed E-state index contributed by atoms with van der Waals surface area (Å²) in [5.74, 6) is 0. The van der Waals surface area contributed by atoms with Crippen LogP contribution >= 0.6 is 0 Å². The molecule has 2 aliphatic heterocycles. The highest BCUT2D eigenvalue weighted by molar-refractivity contribution is 5.29. The molecule has 2 saturated heterocycles. The van der Waals surface area contributed by atoms with E-state index in [0.717, 1.165) is 23.5 Å². The topological polar surface area (TPSA) is 6.48 Å².